The third kappa shape index (κ3) is 7.84. The molecule has 1 atom stereocenters. The first kappa shape index (κ1) is 27.8. The summed E-state index contributed by atoms with van der Waals surface area (Å²) in [5.41, 5.74) is 0.394. The Morgan fingerprint density at radius 3 is 2.03 bits per heavy atom. The number of esters is 1. The van der Waals surface area contributed by atoms with Crippen LogP contribution in [0.2, 0.25) is 0 Å². The lowest BCUT2D eigenvalue weighted by Gasteiger charge is -2.19. The van der Waals surface area contributed by atoms with Crippen LogP contribution in [0.5, 0.6) is 11.5 Å². The summed E-state index contributed by atoms with van der Waals surface area (Å²) in [7, 11) is 0. The van der Waals surface area contributed by atoms with Crippen molar-refractivity contribution in [3.8, 4) is 22.6 Å². The predicted molar refractivity (Wildman–Crippen MR) is 134 cm³/mol. The number of carbonyl (C=O) groups is 2. The number of aromatic carboxylic acids is 1. The standard InChI is InChI=1S/C29H29F3O5/c1-3-4-5-6-7-19(2)36-26-17-14-23(18-25(26)29(30,31)32)28(35)37-24-15-12-21(13-16-24)20-8-10-22(11-9-20)27(33)34/h8-19H,3-7H2,1-2H3,(H,33,34). The van der Waals surface area contributed by atoms with E-state index in [1.165, 1.54) is 30.3 Å². The zero-order chi connectivity index (χ0) is 27.0. The van der Waals surface area contributed by atoms with Crippen molar-refractivity contribution in [2.24, 2.45) is 0 Å². The minimum atomic E-state index is -4.70. The van der Waals surface area contributed by atoms with E-state index >= 15 is 0 Å². The molecule has 196 valence electrons. The summed E-state index contributed by atoms with van der Waals surface area (Å²) in [6.07, 6.45) is -0.453. The van der Waals surface area contributed by atoms with Crippen LogP contribution in [0, 0.1) is 0 Å². The molecule has 0 radical (unpaired) electrons. The van der Waals surface area contributed by atoms with Crippen LogP contribution in [0.3, 0.4) is 0 Å². The van der Waals surface area contributed by atoms with E-state index in [9.17, 15) is 22.8 Å². The van der Waals surface area contributed by atoms with Crippen LogP contribution in [0.15, 0.2) is 66.7 Å². The average molecular weight is 515 g/mol. The van der Waals surface area contributed by atoms with Crippen LogP contribution in [0.4, 0.5) is 13.2 Å². The molecule has 8 heteroatoms. The number of rotatable bonds is 11. The lowest BCUT2D eigenvalue weighted by atomic mass is 10.0. The Morgan fingerprint density at radius 2 is 1.46 bits per heavy atom. The van der Waals surface area contributed by atoms with E-state index in [0.717, 1.165) is 48.9 Å². The highest BCUT2D eigenvalue weighted by Gasteiger charge is 2.35. The van der Waals surface area contributed by atoms with Crippen molar-refractivity contribution in [1.29, 1.82) is 0 Å². The van der Waals surface area contributed by atoms with E-state index in [4.69, 9.17) is 14.6 Å². The second kappa shape index (κ2) is 12.4. The lowest BCUT2D eigenvalue weighted by molar-refractivity contribution is -0.139. The number of benzene rings is 3. The first-order valence-corrected chi connectivity index (χ1v) is 12.1. The van der Waals surface area contributed by atoms with Gasteiger partial charge >= 0.3 is 18.1 Å². The maximum Gasteiger partial charge on any atom is 0.419 e. The van der Waals surface area contributed by atoms with Gasteiger partial charge in [-0.15, -0.1) is 0 Å². The van der Waals surface area contributed by atoms with Crippen LogP contribution in [0.25, 0.3) is 11.1 Å². The molecule has 0 aliphatic carbocycles. The summed E-state index contributed by atoms with van der Waals surface area (Å²) in [5, 5.41) is 9.01. The van der Waals surface area contributed by atoms with Gasteiger partial charge in [0.2, 0.25) is 0 Å². The number of carboxylic acid groups (broad SMARTS) is 1. The van der Waals surface area contributed by atoms with Crippen molar-refractivity contribution in [2.75, 3.05) is 0 Å². The van der Waals surface area contributed by atoms with E-state index in [1.807, 2.05) is 0 Å². The summed E-state index contributed by atoms with van der Waals surface area (Å²) in [4.78, 5) is 23.6. The number of halogens is 3. The summed E-state index contributed by atoms with van der Waals surface area (Å²) >= 11 is 0. The maximum atomic E-state index is 13.7. The molecule has 0 saturated heterocycles. The van der Waals surface area contributed by atoms with E-state index in [2.05, 4.69) is 6.92 Å². The van der Waals surface area contributed by atoms with Gasteiger partial charge in [0.25, 0.3) is 0 Å². The zero-order valence-corrected chi connectivity index (χ0v) is 20.7. The van der Waals surface area contributed by atoms with Crippen molar-refractivity contribution in [1.82, 2.24) is 0 Å². The quantitative estimate of drug-likeness (QED) is 0.159. The number of carboxylic acids is 1. The Labute approximate surface area is 213 Å². The number of alkyl halides is 3. The highest BCUT2D eigenvalue weighted by molar-refractivity contribution is 5.91. The minimum Gasteiger partial charge on any atom is -0.490 e. The van der Waals surface area contributed by atoms with Gasteiger partial charge in [0, 0.05) is 0 Å². The molecule has 37 heavy (non-hydrogen) atoms. The minimum absolute atomic E-state index is 0.158. The maximum absolute atomic E-state index is 13.7. The normalized spacial score (nSPS) is 12.1. The third-order valence-corrected chi connectivity index (χ3v) is 5.84. The van der Waals surface area contributed by atoms with E-state index in [-0.39, 0.29) is 22.6 Å². The molecule has 0 saturated carbocycles. The third-order valence-electron chi connectivity index (χ3n) is 5.84. The van der Waals surface area contributed by atoms with E-state index < -0.39 is 29.8 Å². The molecule has 0 aromatic heterocycles. The molecular formula is C29H29F3O5. The van der Waals surface area contributed by atoms with Crippen molar-refractivity contribution >= 4 is 11.9 Å². The predicted octanol–water partition coefficient (Wildman–Crippen LogP) is 8.03. The first-order chi connectivity index (χ1) is 17.6. The molecule has 0 spiro atoms. The van der Waals surface area contributed by atoms with Gasteiger partial charge in [-0.1, -0.05) is 50.5 Å². The molecule has 3 aromatic carbocycles. The summed E-state index contributed by atoms with van der Waals surface area (Å²) < 4.78 is 52.1. The van der Waals surface area contributed by atoms with Crippen LogP contribution in [-0.2, 0) is 6.18 Å². The van der Waals surface area contributed by atoms with Gasteiger partial charge < -0.3 is 14.6 Å². The fourth-order valence-electron chi connectivity index (χ4n) is 3.80. The average Bonchev–Trinajstić information content (AvgIpc) is 2.86. The Morgan fingerprint density at radius 1 is 0.865 bits per heavy atom. The Hall–Kier alpha value is -3.81. The largest absolute Gasteiger partial charge is 0.490 e. The molecule has 1 N–H and O–H groups in total. The van der Waals surface area contributed by atoms with Gasteiger partial charge in [-0.2, -0.15) is 13.2 Å². The molecule has 3 rings (SSSR count). The topological polar surface area (TPSA) is 72.8 Å². The fourth-order valence-corrected chi connectivity index (χ4v) is 3.80. The lowest BCUT2D eigenvalue weighted by Crippen LogP contribution is -2.17. The second-order valence-corrected chi connectivity index (χ2v) is 8.78. The highest BCUT2D eigenvalue weighted by atomic mass is 19.4. The number of hydrogen-bond donors (Lipinski definition) is 1. The Kier molecular flexibility index (Phi) is 9.33. The van der Waals surface area contributed by atoms with E-state index in [0.29, 0.717) is 6.42 Å². The molecule has 0 amide bonds. The van der Waals surface area contributed by atoms with E-state index in [1.54, 1.807) is 31.2 Å². The van der Waals surface area contributed by atoms with Crippen molar-refractivity contribution in [3.63, 3.8) is 0 Å². The van der Waals surface area contributed by atoms with Gasteiger partial charge in [-0.25, -0.2) is 9.59 Å². The molecule has 1 unspecified atom stereocenters. The second-order valence-electron chi connectivity index (χ2n) is 8.78. The molecular weight excluding hydrogens is 485 g/mol. The van der Waals surface area contributed by atoms with Gasteiger partial charge in [-0.3, -0.25) is 0 Å². The molecule has 0 aliphatic heterocycles. The van der Waals surface area contributed by atoms with Crippen molar-refractivity contribution < 1.29 is 37.3 Å². The number of carbonyl (C=O) groups excluding carboxylic acids is 1. The molecule has 0 heterocycles. The monoisotopic (exact) mass is 514 g/mol. The summed E-state index contributed by atoms with van der Waals surface area (Å²) in [6.45, 7) is 3.82. The van der Waals surface area contributed by atoms with Crippen molar-refractivity contribution in [3.05, 3.63) is 83.4 Å². The van der Waals surface area contributed by atoms with Crippen LogP contribution < -0.4 is 9.47 Å². The number of hydrogen-bond acceptors (Lipinski definition) is 4. The van der Waals surface area contributed by atoms with Gasteiger partial charge in [-0.05, 0) is 73.4 Å². The van der Waals surface area contributed by atoms with Gasteiger partial charge in [0.1, 0.15) is 11.5 Å². The SMILES string of the molecule is CCCCCCC(C)Oc1ccc(C(=O)Oc2ccc(-c3ccc(C(=O)O)cc3)cc2)cc1C(F)(F)F. The smallest absolute Gasteiger partial charge is 0.419 e. The molecule has 3 aromatic rings. The van der Waals surface area contributed by atoms with Crippen LogP contribution >= 0.6 is 0 Å². The fraction of sp³-hybridized carbons (Fsp3) is 0.310. The Balaban J connectivity index is 1.70. The highest BCUT2D eigenvalue weighted by Crippen LogP contribution is 2.38. The number of unbranched alkanes of at least 4 members (excludes halogenated alkanes) is 3. The van der Waals surface area contributed by atoms with Crippen LogP contribution in [-0.4, -0.2) is 23.1 Å². The zero-order valence-electron chi connectivity index (χ0n) is 20.7. The van der Waals surface area contributed by atoms with Crippen LogP contribution in [0.1, 0.15) is 72.2 Å². The molecule has 5 nitrogen and oxygen atoms in total. The number of ether oxygens (including phenoxy) is 2. The Bertz CT molecular complexity index is 1200. The van der Waals surface area contributed by atoms with Crippen molar-refractivity contribution in [2.45, 2.75) is 58.2 Å². The molecule has 0 aliphatic rings. The summed E-state index contributed by atoms with van der Waals surface area (Å²) in [5.74, 6) is -2.11. The first-order valence-electron chi connectivity index (χ1n) is 12.1. The van der Waals surface area contributed by atoms with Gasteiger partial charge in [0.15, 0.2) is 0 Å². The van der Waals surface area contributed by atoms with Gasteiger partial charge in [0.05, 0.1) is 22.8 Å². The molecule has 0 bridgehead atoms. The molecule has 0 fully saturated rings. The summed E-state index contributed by atoms with van der Waals surface area (Å²) in [6, 6.07) is 15.8.